The molecule has 4 nitrogen and oxygen atoms in total. The van der Waals surface area contributed by atoms with E-state index in [1.807, 2.05) is 39.0 Å². The van der Waals surface area contributed by atoms with Crippen LogP contribution in [0.2, 0.25) is 5.02 Å². The van der Waals surface area contributed by atoms with E-state index in [0.29, 0.717) is 22.7 Å². The molecular weight excluding hydrogens is 370 g/mol. The summed E-state index contributed by atoms with van der Waals surface area (Å²) in [5, 5.41) is 0.419. The standard InChI is InChI=1S/C23H20ClN3O/c1-4-21-19(10-8-16-7-6-15(3)25-13-16)23(27-14-26-21)17-9-11-18(20(24)12-17)22(28)5-2/h6-7,9,11-14H,4-5H2,1-3H3. The summed E-state index contributed by atoms with van der Waals surface area (Å²) >= 11 is 6.36. The topological polar surface area (TPSA) is 55.7 Å². The van der Waals surface area contributed by atoms with Crippen molar-refractivity contribution in [2.45, 2.75) is 33.6 Å². The van der Waals surface area contributed by atoms with Crippen molar-refractivity contribution < 1.29 is 4.79 Å². The van der Waals surface area contributed by atoms with Crippen LogP contribution in [0.15, 0.2) is 42.9 Å². The van der Waals surface area contributed by atoms with Crippen LogP contribution >= 0.6 is 11.6 Å². The molecule has 1 aromatic carbocycles. The van der Waals surface area contributed by atoms with E-state index >= 15 is 0 Å². The Hall–Kier alpha value is -3.03. The molecule has 0 spiro atoms. The Labute approximate surface area is 170 Å². The van der Waals surface area contributed by atoms with E-state index in [1.54, 1.807) is 18.3 Å². The van der Waals surface area contributed by atoms with Gasteiger partial charge in [-0.25, -0.2) is 9.97 Å². The summed E-state index contributed by atoms with van der Waals surface area (Å²) in [7, 11) is 0. The zero-order valence-electron chi connectivity index (χ0n) is 16.1. The third kappa shape index (κ3) is 4.27. The number of hydrogen-bond acceptors (Lipinski definition) is 4. The molecule has 0 aliphatic heterocycles. The maximum absolute atomic E-state index is 12.0. The number of nitrogens with zero attached hydrogens (tertiary/aromatic N) is 3. The second-order valence-electron chi connectivity index (χ2n) is 6.31. The molecule has 0 aliphatic carbocycles. The number of hydrogen-bond donors (Lipinski definition) is 0. The first-order chi connectivity index (χ1) is 13.5. The first-order valence-electron chi connectivity index (χ1n) is 9.15. The Bertz CT molecular complexity index is 1080. The fourth-order valence-corrected chi connectivity index (χ4v) is 3.08. The first-order valence-corrected chi connectivity index (χ1v) is 9.53. The second kappa shape index (κ2) is 8.77. The average Bonchev–Trinajstić information content (AvgIpc) is 2.72. The summed E-state index contributed by atoms with van der Waals surface area (Å²) in [6.45, 7) is 5.78. The van der Waals surface area contributed by atoms with Crippen LogP contribution in [0.25, 0.3) is 11.3 Å². The fourth-order valence-electron chi connectivity index (χ4n) is 2.80. The number of benzene rings is 1. The molecule has 2 aromatic heterocycles. The van der Waals surface area contributed by atoms with Crippen molar-refractivity contribution >= 4 is 17.4 Å². The molecule has 0 radical (unpaired) electrons. The summed E-state index contributed by atoms with van der Waals surface area (Å²) in [5.41, 5.74) is 5.43. The number of halogens is 1. The molecule has 2 heterocycles. The Kier molecular flexibility index (Phi) is 6.18. The summed E-state index contributed by atoms with van der Waals surface area (Å²) in [6.07, 6.45) is 4.42. The molecule has 0 fully saturated rings. The molecule has 140 valence electrons. The molecule has 0 bridgehead atoms. The number of ketones is 1. The normalized spacial score (nSPS) is 10.3. The van der Waals surface area contributed by atoms with Crippen LogP contribution in [0.5, 0.6) is 0 Å². The van der Waals surface area contributed by atoms with Gasteiger partial charge in [-0.05, 0) is 37.6 Å². The van der Waals surface area contributed by atoms with Crippen molar-refractivity contribution in [1.82, 2.24) is 15.0 Å². The number of carbonyl (C=O) groups is 1. The molecule has 3 aromatic rings. The summed E-state index contributed by atoms with van der Waals surface area (Å²) < 4.78 is 0. The number of aryl methyl sites for hydroxylation is 2. The molecule has 28 heavy (non-hydrogen) atoms. The summed E-state index contributed by atoms with van der Waals surface area (Å²) in [5.74, 6) is 6.37. The van der Waals surface area contributed by atoms with Crippen molar-refractivity contribution in [3.05, 3.63) is 76.0 Å². The van der Waals surface area contributed by atoms with E-state index in [2.05, 4.69) is 26.8 Å². The third-order valence-corrected chi connectivity index (χ3v) is 4.68. The van der Waals surface area contributed by atoms with E-state index in [0.717, 1.165) is 34.5 Å². The molecule has 0 aliphatic rings. The minimum atomic E-state index is 0.0142. The molecule has 0 N–H and O–H groups in total. The van der Waals surface area contributed by atoms with Crippen LogP contribution < -0.4 is 0 Å². The van der Waals surface area contributed by atoms with Gasteiger partial charge in [0.15, 0.2) is 5.78 Å². The highest BCUT2D eigenvalue weighted by Gasteiger charge is 2.14. The molecule has 0 saturated carbocycles. The van der Waals surface area contributed by atoms with Gasteiger partial charge < -0.3 is 0 Å². The maximum Gasteiger partial charge on any atom is 0.164 e. The van der Waals surface area contributed by atoms with Crippen molar-refractivity contribution in [2.24, 2.45) is 0 Å². The third-order valence-electron chi connectivity index (χ3n) is 4.37. The van der Waals surface area contributed by atoms with Crippen molar-refractivity contribution in [3.8, 4) is 23.1 Å². The monoisotopic (exact) mass is 389 g/mol. The highest BCUT2D eigenvalue weighted by atomic mass is 35.5. The zero-order valence-corrected chi connectivity index (χ0v) is 16.8. The van der Waals surface area contributed by atoms with Crippen LogP contribution in [-0.2, 0) is 6.42 Å². The SMILES string of the molecule is CCC(=O)c1ccc(-c2ncnc(CC)c2C#Cc2ccc(C)nc2)cc1Cl. The van der Waals surface area contributed by atoms with E-state index in [-0.39, 0.29) is 5.78 Å². The lowest BCUT2D eigenvalue weighted by Gasteiger charge is -2.09. The van der Waals surface area contributed by atoms with Gasteiger partial charge in [-0.3, -0.25) is 9.78 Å². The van der Waals surface area contributed by atoms with Crippen LogP contribution in [0.3, 0.4) is 0 Å². The summed E-state index contributed by atoms with van der Waals surface area (Å²) in [6, 6.07) is 9.24. The van der Waals surface area contributed by atoms with Gasteiger partial charge in [0.2, 0.25) is 0 Å². The quantitative estimate of drug-likeness (QED) is 0.462. The van der Waals surface area contributed by atoms with Crippen LogP contribution in [0.4, 0.5) is 0 Å². The van der Waals surface area contributed by atoms with Gasteiger partial charge in [-0.1, -0.05) is 43.4 Å². The van der Waals surface area contributed by atoms with Crippen molar-refractivity contribution in [1.29, 1.82) is 0 Å². The van der Waals surface area contributed by atoms with Crippen molar-refractivity contribution in [3.63, 3.8) is 0 Å². The predicted octanol–water partition coefficient (Wildman–Crippen LogP) is 5.06. The molecular formula is C23H20ClN3O. The summed E-state index contributed by atoms with van der Waals surface area (Å²) in [4.78, 5) is 25.1. The van der Waals surface area contributed by atoms with Gasteiger partial charge in [-0.15, -0.1) is 0 Å². The highest BCUT2D eigenvalue weighted by Crippen LogP contribution is 2.28. The van der Waals surface area contributed by atoms with Crippen LogP contribution in [-0.4, -0.2) is 20.7 Å². The van der Waals surface area contributed by atoms with Crippen LogP contribution in [0.1, 0.15) is 53.1 Å². The molecule has 5 heteroatoms. The van der Waals surface area contributed by atoms with Gasteiger partial charge in [0.1, 0.15) is 6.33 Å². The minimum Gasteiger partial charge on any atom is -0.294 e. The molecule has 3 rings (SSSR count). The largest absolute Gasteiger partial charge is 0.294 e. The minimum absolute atomic E-state index is 0.0142. The Balaban J connectivity index is 2.09. The number of carbonyl (C=O) groups excluding carboxylic acids is 1. The average molecular weight is 390 g/mol. The van der Waals surface area contributed by atoms with E-state index in [9.17, 15) is 4.79 Å². The Morgan fingerprint density at radius 3 is 2.54 bits per heavy atom. The van der Waals surface area contributed by atoms with Gasteiger partial charge in [0, 0.05) is 35.0 Å². The Morgan fingerprint density at radius 1 is 1.07 bits per heavy atom. The van der Waals surface area contributed by atoms with E-state index < -0.39 is 0 Å². The zero-order chi connectivity index (χ0) is 20.1. The van der Waals surface area contributed by atoms with Gasteiger partial charge >= 0.3 is 0 Å². The maximum atomic E-state index is 12.0. The second-order valence-corrected chi connectivity index (χ2v) is 6.71. The molecule has 0 atom stereocenters. The Morgan fingerprint density at radius 2 is 1.89 bits per heavy atom. The van der Waals surface area contributed by atoms with Gasteiger partial charge in [0.25, 0.3) is 0 Å². The number of Topliss-reactive ketones (excluding diaryl/α,β-unsaturated/α-hetero) is 1. The van der Waals surface area contributed by atoms with E-state index in [4.69, 9.17) is 11.6 Å². The highest BCUT2D eigenvalue weighted by molar-refractivity contribution is 6.34. The fraction of sp³-hybridized carbons (Fsp3) is 0.217. The molecule has 0 amide bonds. The predicted molar refractivity (Wildman–Crippen MR) is 111 cm³/mol. The van der Waals surface area contributed by atoms with Gasteiger partial charge in [-0.2, -0.15) is 0 Å². The lowest BCUT2D eigenvalue weighted by molar-refractivity contribution is 0.0988. The smallest absolute Gasteiger partial charge is 0.164 e. The lowest BCUT2D eigenvalue weighted by Crippen LogP contribution is -2.01. The number of rotatable bonds is 4. The van der Waals surface area contributed by atoms with Gasteiger partial charge in [0.05, 0.1) is 22.0 Å². The number of aromatic nitrogens is 3. The first kappa shape index (κ1) is 19.7. The lowest BCUT2D eigenvalue weighted by atomic mass is 10.0. The number of pyridine rings is 1. The molecule has 0 unspecified atom stereocenters. The van der Waals surface area contributed by atoms with E-state index in [1.165, 1.54) is 6.33 Å². The molecule has 0 saturated heterocycles. The van der Waals surface area contributed by atoms with Crippen LogP contribution in [0, 0.1) is 18.8 Å². The van der Waals surface area contributed by atoms with Crippen molar-refractivity contribution in [2.75, 3.05) is 0 Å².